The summed E-state index contributed by atoms with van der Waals surface area (Å²) in [5, 5.41) is 0.880. The molecule has 5 nitrogen and oxygen atoms in total. The monoisotopic (exact) mass is 548 g/mol. The van der Waals surface area contributed by atoms with Crippen molar-refractivity contribution >= 4 is 59.8 Å². The number of benzene rings is 2. The predicted molar refractivity (Wildman–Crippen MR) is 116 cm³/mol. The second-order valence-electron chi connectivity index (χ2n) is 6.20. The van der Waals surface area contributed by atoms with Gasteiger partial charge in [0.25, 0.3) is 0 Å². The van der Waals surface area contributed by atoms with Gasteiger partial charge in [0, 0.05) is 22.2 Å². The van der Waals surface area contributed by atoms with E-state index in [2.05, 4.69) is 31.9 Å². The number of ketones is 1. The van der Waals surface area contributed by atoms with Crippen LogP contribution in [0.25, 0.3) is 0 Å². The van der Waals surface area contributed by atoms with Crippen molar-refractivity contribution in [2.45, 2.75) is 23.3 Å². The lowest BCUT2D eigenvalue weighted by Crippen LogP contribution is -2.23. The summed E-state index contributed by atoms with van der Waals surface area (Å²) in [5.74, 6) is -0.865. The van der Waals surface area contributed by atoms with Crippen molar-refractivity contribution in [1.82, 2.24) is 0 Å². The number of alkyl halides is 2. The van der Waals surface area contributed by atoms with E-state index < -0.39 is 22.2 Å². The summed E-state index contributed by atoms with van der Waals surface area (Å²) in [5.41, 5.74) is 2.96. The highest BCUT2D eigenvalue weighted by Gasteiger charge is 2.28. The first-order valence-corrected chi connectivity index (χ1v) is 13.0. The molecule has 0 fully saturated rings. The fourth-order valence-corrected chi connectivity index (χ4v) is 5.18. The van der Waals surface area contributed by atoms with Gasteiger partial charge in [0.1, 0.15) is 5.78 Å². The van der Waals surface area contributed by atoms with Gasteiger partial charge >= 0.3 is 0 Å². The summed E-state index contributed by atoms with van der Waals surface area (Å²) in [6.07, 6.45) is 0. The molecule has 152 valence electrons. The largest absolute Gasteiger partial charge is 0.772 e. The maximum absolute atomic E-state index is 13.2. The highest BCUT2D eigenvalue weighted by atomic mass is 79.9. The van der Waals surface area contributed by atoms with Crippen LogP contribution in [0.4, 0.5) is 0 Å². The number of halogens is 2. The van der Waals surface area contributed by atoms with E-state index >= 15 is 0 Å². The molecular weight excluding hydrogens is 532 g/mol. The Bertz CT molecular complexity index is 771. The van der Waals surface area contributed by atoms with Crippen LogP contribution in [0.1, 0.15) is 34.1 Å². The molecule has 0 saturated carbocycles. The van der Waals surface area contributed by atoms with E-state index in [1.807, 2.05) is 0 Å². The van der Waals surface area contributed by atoms with Crippen LogP contribution < -0.4 is 0 Å². The lowest BCUT2D eigenvalue weighted by molar-refractivity contribution is -0.121. The molecule has 0 N–H and O–H groups in total. The van der Waals surface area contributed by atoms with Gasteiger partial charge in [0.15, 0.2) is 0 Å². The fraction of sp³-hybridized carbons (Fsp3) is 0.316. The number of Topliss-reactive ketones (excluding diaryl/α,β-unsaturated/α-hetero) is 1. The Hall–Kier alpha value is -0.710. The number of carbonyl (C=O) groups excluding carboxylic acids is 1. The molecule has 0 aromatic heterocycles. The second kappa shape index (κ2) is 11.5. The molecule has 0 radical (unpaired) electrons. The second-order valence-corrected chi connectivity index (χ2v) is 9.28. The Morgan fingerprint density at radius 3 is 1.32 bits per heavy atom. The minimum Gasteiger partial charge on any atom is -0.772 e. The topological polar surface area (TPSA) is 97.3 Å². The summed E-state index contributed by atoms with van der Waals surface area (Å²) in [6, 6.07) is 14.0. The minimum atomic E-state index is -2.16. The molecule has 0 amide bonds. The van der Waals surface area contributed by atoms with E-state index in [0.29, 0.717) is 21.8 Å². The molecule has 0 saturated heterocycles. The van der Waals surface area contributed by atoms with Crippen molar-refractivity contribution in [3.8, 4) is 0 Å². The molecule has 0 aliphatic carbocycles. The smallest absolute Gasteiger partial charge is 0.149 e. The Morgan fingerprint density at radius 1 is 0.750 bits per heavy atom. The normalized spacial score (nSPS) is 15.6. The Labute approximate surface area is 186 Å². The molecule has 0 bridgehead atoms. The molecule has 0 aliphatic heterocycles. The Kier molecular flexibility index (Phi) is 9.65. The molecule has 4 unspecified atom stereocenters. The third-order valence-corrected chi connectivity index (χ3v) is 6.76. The van der Waals surface area contributed by atoms with Gasteiger partial charge in [-0.1, -0.05) is 103 Å². The average Bonchev–Trinajstić information content (AvgIpc) is 2.65. The highest BCUT2D eigenvalue weighted by Crippen LogP contribution is 2.30. The van der Waals surface area contributed by atoms with E-state index in [0.717, 1.165) is 11.1 Å². The quantitative estimate of drug-likeness (QED) is 0.332. The van der Waals surface area contributed by atoms with Crippen molar-refractivity contribution in [1.29, 1.82) is 0 Å². The number of carbonyl (C=O) groups is 1. The summed E-state index contributed by atoms with van der Waals surface area (Å²) in [6.45, 7) is 0. The van der Waals surface area contributed by atoms with Crippen molar-refractivity contribution < 1.29 is 22.3 Å². The van der Waals surface area contributed by atoms with Gasteiger partial charge < -0.3 is 9.11 Å². The van der Waals surface area contributed by atoms with E-state index in [4.69, 9.17) is 0 Å². The molecule has 0 heterocycles. The van der Waals surface area contributed by atoms with E-state index in [-0.39, 0.29) is 29.1 Å². The summed E-state index contributed by atoms with van der Waals surface area (Å²) in [7, 11) is 0. The zero-order chi connectivity index (χ0) is 20.7. The highest BCUT2D eigenvalue weighted by molar-refractivity contribution is 9.09. The first kappa shape index (κ1) is 23.6. The van der Waals surface area contributed by atoms with Crippen LogP contribution >= 0.6 is 31.9 Å². The maximum atomic E-state index is 13.2. The number of hydrogen-bond acceptors (Lipinski definition) is 5. The molecule has 0 spiro atoms. The third-order valence-electron chi connectivity index (χ3n) is 4.33. The lowest BCUT2D eigenvalue weighted by Gasteiger charge is -2.21. The van der Waals surface area contributed by atoms with Gasteiger partial charge in [-0.15, -0.1) is 0 Å². The van der Waals surface area contributed by atoms with Gasteiger partial charge in [-0.05, 0) is 22.3 Å². The third kappa shape index (κ3) is 6.67. The molecule has 2 aromatic carbocycles. The fourth-order valence-electron chi connectivity index (χ4n) is 2.87. The van der Waals surface area contributed by atoms with Gasteiger partial charge in [-0.25, -0.2) is 0 Å². The maximum Gasteiger partial charge on any atom is 0.149 e. The van der Waals surface area contributed by atoms with Crippen LogP contribution in [0.2, 0.25) is 0 Å². The SMILES string of the molecule is O=C(C(CBr)c1ccc(CS(=O)[O-])cc1)C(CBr)c1ccc(CS(=O)[O-])cc1. The van der Waals surface area contributed by atoms with Crippen LogP contribution in [-0.4, -0.2) is 34.0 Å². The van der Waals surface area contributed by atoms with E-state index in [1.54, 1.807) is 48.5 Å². The van der Waals surface area contributed by atoms with Crippen molar-refractivity contribution in [2.24, 2.45) is 0 Å². The summed E-state index contributed by atoms with van der Waals surface area (Å²) < 4.78 is 43.3. The van der Waals surface area contributed by atoms with Crippen molar-refractivity contribution in [3.63, 3.8) is 0 Å². The zero-order valence-electron chi connectivity index (χ0n) is 14.7. The first-order chi connectivity index (χ1) is 13.3. The lowest BCUT2D eigenvalue weighted by atomic mass is 9.85. The minimum absolute atomic E-state index is 0.0223. The Morgan fingerprint density at radius 2 is 1.07 bits per heavy atom. The molecule has 28 heavy (non-hydrogen) atoms. The molecule has 2 aromatic rings. The van der Waals surface area contributed by atoms with E-state index in [9.17, 15) is 22.3 Å². The van der Waals surface area contributed by atoms with Crippen LogP contribution in [0.5, 0.6) is 0 Å². The zero-order valence-corrected chi connectivity index (χ0v) is 19.5. The molecule has 9 heteroatoms. The molecule has 0 aliphatic rings. The van der Waals surface area contributed by atoms with Crippen LogP contribution in [0.3, 0.4) is 0 Å². The van der Waals surface area contributed by atoms with Gasteiger partial charge in [0.05, 0.1) is 11.8 Å². The van der Waals surface area contributed by atoms with Crippen LogP contribution in [0.15, 0.2) is 48.5 Å². The van der Waals surface area contributed by atoms with E-state index in [1.165, 1.54) is 0 Å². The Balaban J connectivity index is 2.21. The molecule has 4 atom stereocenters. The van der Waals surface area contributed by atoms with Gasteiger partial charge in [-0.3, -0.25) is 13.2 Å². The summed E-state index contributed by atoms with van der Waals surface area (Å²) >= 11 is 2.52. The molecular formula is C19H18Br2O5S2-2. The van der Waals surface area contributed by atoms with Gasteiger partial charge in [-0.2, -0.15) is 0 Å². The van der Waals surface area contributed by atoms with Crippen LogP contribution in [-0.2, 0) is 38.5 Å². The van der Waals surface area contributed by atoms with Crippen LogP contribution in [0, 0.1) is 0 Å². The predicted octanol–water partition coefficient (Wildman–Crippen LogP) is 3.67. The first-order valence-electron chi connectivity index (χ1n) is 8.30. The number of rotatable bonds is 10. The summed E-state index contributed by atoms with van der Waals surface area (Å²) in [4.78, 5) is 13.2. The number of hydrogen-bond donors (Lipinski definition) is 0. The van der Waals surface area contributed by atoms with Crippen molar-refractivity contribution in [2.75, 3.05) is 10.7 Å². The average molecular weight is 550 g/mol. The standard InChI is InChI=1S/C19H20Br2O5S2/c20-9-17(15-5-1-13(2-6-15)11-27(23)24)19(22)18(10-21)16-7-3-14(4-8-16)12-28(25)26/h1-8,17-18H,9-12H2,(H,23,24)(H,25,26)/p-2. The van der Waals surface area contributed by atoms with Gasteiger partial charge in [0.2, 0.25) is 0 Å². The van der Waals surface area contributed by atoms with Crippen molar-refractivity contribution in [3.05, 3.63) is 70.8 Å². The molecule has 2 rings (SSSR count).